The molecule has 1 saturated heterocycles. The molecule has 3 aromatic heterocycles. The van der Waals surface area contributed by atoms with Gasteiger partial charge in [-0.25, -0.2) is 9.97 Å². The summed E-state index contributed by atoms with van der Waals surface area (Å²) in [5.41, 5.74) is 0.932. The Kier molecular flexibility index (Phi) is 4.81. The summed E-state index contributed by atoms with van der Waals surface area (Å²) in [6.07, 6.45) is 3.59. The lowest BCUT2D eigenvalue weighted by Crippen LogP contribution is -2.38. The van der Waals surface area contributed by atoms with Crippen LogP contribution in [0.15, 0.2) is 0 Å². The number of anilines is 2. The standard InChI is InChI=1S/C18H22N6OS2/c1-9-7-5-6-8-24(9)15-13-10(2)14(27-17(13)20-11(3)19-15)16(25)21-18-23-22-12(4)26-18/h9H,5-8H2,1-4H3,(H,21,23,25). The summed E-state index contributed by atoms with van der Waals surface area (Å²) in [7, 11) is 0. The van der Waals surface area contributed by atoms with Crippen LogP contribution < -0.4 is 10.2 Å². The van der Waals surface area contributed by atoms with Gasteiger partial charge in [-0.05, 0) is 52.5 Å². The Labute approximate surface area is 165 Å². The van der Waals surface area contributed by atoms with E-state index >= 15 is 0 Å². The predicted octanol–water partition coefficient (Wildman–Crippen LogP) is 4.10. The molecular weight excluding hydrogens is 380 g/mol. The van der Waals surface area contributed by atoms with Crippen molar-refractivity contribution in [3.05, 3.63) is 21.3 Å². The van der Waals surface area contributed by atoms with Crippen LogP contribution in [0.25, 0.3) is 10.2 Å². The molecule has 0 spiro atoms. The fourth-order valence-corrected chi connectivity index (χ4v) is 5.26. The maximum atomic E-state index is 12.8. The van der Waals surface area contributed by atoms with Crippen LogP contribution in [-0.2, 0) is 0 Å². The summed E-state index contributed by atoms with van der Waals surface area (Å²) < 4.78 is 0. The van der Waals surface area contributed by atoms with Crippen LogP contribution in [0, 0.1) is 20.8 Å². The van der Waals surface area contributed by atoms with Crippen LogP contribution in [-0.4, -0.2) is 38.7 Å². The molecule has 1 N–H and O–H groups in total. The zero-order valence-corrected chi connectivity index (χ0v) is 17.5. The van der Waals surface area contributed by atoms with Gasteiger partial charge in [-0.1, -0.05) is 11.3 Å². The number of rotatable bonds is 3. The van der Waals surface area contributed by atoms with E-state index in [1.54, 1.807) is 0 Å². The molecule has 9 heteroatoms. The highest BCUT2D eigenvalue weighted by atomic mass is 32.1. The molecule has 7 nitrogen and oxygen atoms in total. The minimum Gasteiger partial charge on any atom is -0.353 e. The normalized spacial score (nSPS) is 17.5. The summed E-state index contributed by atoms with van der Waals surface area (Å²) >= 11 is 2.78. The molecule has 0 aromatic carbocycles. The predicted molar refractivity (Wildman–Crippen MR) is 110 cm³/mol. The number of piperidine rings is 1. The molecule has 4 heterocycles. The summed E-state index contributed by atoms with van der Waals surface area (Å²) in [5.74, 6) is 1.54. The van der Waals surface area contributed by atoms with Crippen LogP contribution >= 0.6 is 22.7 Å². The van der Waals surface area contributed by atoms with E-state index in [0.29, 0.717) is 16.1 Å². The van der Waals surface area contributed by atoms with Crippen molar-refractivity contribution in [1.29, 1.82) is 0 Å². The zero-order valence-electron chi connectivity index (χ0n) is 15.9. The van der Waals surface area contributed by atoms with Crippen LogP contribution in [0.3, 0.4) is 0 Å². The van der Waals surface area contributed by atoms with Crippen molar-refractivity contribution in [3.63, 3.8) is 0 Å². The topological polar surface area (TPSA) is 83.9 Å². The molecule has 1 aliphatic heterocycles. The van der Waals surface area contributed by atoms with E-state index in [1.807, 2.05) is 20.8 Å². The van der Waals surface area contributed by atoms with Gasteiger partial charge in [0, 0.05) is 12.6 Å². The molecule has 3 aromatic rings. The Balaban J connectivity index is 1.76. The summed E-state index contributed by atoms with van der Waals surface area (Å²) in [5, 5.41) is 13.1. The van der Waals surface area contributed by atoms with Crippen LogP contribution in [0.5, 0.6) is 0 Å². The molecular formula is C18H22N6OS2. The van der Waals surface area contributed by atoms with Crippen LogP contribution in [0.2, 0.25) is 0 Å². The monoisotopic (exact) mass is 402 g/mol. The van der Waals surface area contributed by atoms with Crippen molar-refractivity contribution in [2.45, 2.75) is 53.0 Å². The van der Waals surface area contributed by atoms with E-state index < -0.39 is 0 Å². The Morgan fingerprint density at radius 3 is 2.67 bits per heavy atom. The lowest BCUT2D eigenvalue weighted by Gasteiger charge is -2.35. The largest absolute Gasteiger partial charge is 0.353 e. The Morgan fingerprint density at radius 2 is 1.96 bits per heavy atom. The molecule has 142 valence electrons. The van der Waals surface area contributed by atoms with Gasteiger partial charge in [0.1, 0.15) is 21.5 Å². The van der Waals surface area contributed by atoms with Gasteiger partial charge < -0.3 is 4.90 Å². The number of aryl methyl sites for hydroxylation is 3. The molecule has 4 rings (SSSR count). The number of nitrogens with zero attached hydrogens (tertiary/aromatic N) is 5. The van der Waals surface area contributed by atoms with Crippen molar-refractivity contribution >= 4 is 49.7 Å². The SMILES string of the molecule is Cc1nc(N2CCCCC2C)c2c(C)c(C(=O)Nc3nnc(C)s3)sc2n1. The van der Waals surface area contributed by atoms with E-state index in [4.69, 9.17) is 4.98 Å². The maximum Gasteiger partial charge on any atom is 0.267 e. The number of carbonyl (C=O) groups is 1. The first-order chi connectivity index (χ1) is 12.9. The first kappa shape index (κ1) is 18.2. The van der Waals surface area contributed by atoms with Gasteiger partial charge in [0.25, 0.3) is 5.91 Å². The van der Waals surface area contributed by atoms with E-state index in [-0.39, 0.29) is 5.91 Å². The molecule has 1 unspecified atom stereocenters. The number of thiophene rings is 1. The van der Waals surface area contributed by atoms with Gasteiger partial charge in [0.2, 0.25) is 5.13 Å². The molecule has 1 aliphatic rings. The number of amides is 1. The number of hydrogen-bond donors (Lipinski definition) is 1. The maximum absolute atomic E-state index is 12.8. The lowest BCUT2D eigenvalue weighted by atomic mass is 10.0. The van der Waals surface area contributed by atoms with Gasteiger partial charge in [0.15, 0.2) is 0 Å². The van der Waals surface area contributed by atoms with Gasteiger partial charge in [-0.15, -0.1) is 21.5 Å². The summed E-state index contributed by atoms with van der Waals surface area (Å²) in [6.45, 7) is 9.00. The second kappa shape index (κ2) is 7.12. The smallest absolute Gasteiger partial charge is 0.267 e. The number of fused-ring (bicyclic) bond motifs is 1. The first-order valence-electron chi connectivity index (χ1n) is 9.10. The average Bonchev–Trinajstić information content (AvgIpc) is 3.18. The van der Waals surface area contributed by atoms with E-state index in [0.717, 1.165) is 45.4 Å². The second-order valence-electron chi connectivity index (χ2n) is 6.95. The van der Waals surface area contributed by atoms with Gasteiger partial charge in [0.05, 0.1) is 10.3 Å². The summed E-state index contributed by atoms with van der Waals surface area (Å²) in [4.78, 5) is 26.1. The second-order valence-corrected chi connectivity index (χ2v) is 9.13. The molecule has 1 atom stereocenters. The average molecular weight is 403 g/mol. The third kappa shape index (κ3) is 3.41. The molecule has 0 saturated carbocycles. The first-order valence-corrected chi connectivity index (χ1v) is 10.7. The highest BCUT2D eigenvalue weighted by Gasteiger charge is 2.26. The quantitative estimate of drug-likeness (QED) is 0.710. The Hall–Kier alpha value is -2.13. The number of aromatic nitrogens is 4. The van der Waals surface area contributed by atoms with Crippen LogP contribution in [0.1, 0.15) is 52.3 Å². The fraction of sp³-hybridized carbons (Fsp3) is 0.500. The number of nitrogens with one attached hydrogen (secondary N) is 1. The molecule has 1 amide bonds. The lowest BCUT2D eigenvalue weighted by molar-refractivity contribution is 0.103. The molecule has 0 radical (unpaired) electrons. The fourth-order valence-electron chi connectivity index (χ4n) is 3.56. The van der Waals surface area contributed by atoms with Crippen molar-refractivity contribution in [2.75, 3.05) is 16.8 Å². The summed E-state index contributed by atoms with van der Waals surface area (Å²) in [6, 6.07) is 0.442. The van der Waals surface area contributed by atoms with Gasteiger partial charge in [-0.2, -0.15) is 0 Å². The Morgan fingerprint density at radius 1 is 1.15 bits per heavy atom. The van der Waals surface area contributed by atoms with Gasteiger partial charge in [-0.3, -0.25) is 10.1 Å². The highest BCUT2D eigenvalue weighted by Crippen LogP contribution is 2.37. The van der Waals surface area contributed by atoms with E-state index in [2.05, 4.69) is 32.3 Å². The van der Waals surface area contributed by atoms with E-state index in [1.165, 1.54) is 35.5 Å². The third-order valence-electron chi connectivity index (χ3n) is 4.91. The minimum absolute atomic E-state index is 0.165. The zero-order chi connectivity index (χ0) is 19.1. The van der Waals surface area contributed by atoms with Crippen molar-refractivity contribution in [2.24, 2.45) is 0 Å². The molecule has 27 heavy (non-hydrogen) atoms. The van der Waals surface area contributed by atoms with Crippen molar-refractivity contribution in [3.8, 4) is 0 Å². The van der Waals surface area contributed by atoms with Crippen molar-refractivity contribution < 1.29 is 4.79 Å². The number of hydrogen-bond acceptors (Lipinski definition) is 8. The molecule has 0 aliphatic carbocycles. The number of carbonyl (C=O) groups excluding carboxylic acids is 1. The van der Waals surface area contributed by atoms with Gasteiger partial charge >= 0.3 is 0 Å². The Bertz CT molecular complexity index is 1010. The highest BCUT2D eigenvalue weighted by molar-refractivity contribution is 7.21. The van der Waals surface area contributed by atoms with E-state index in [9.17, 15) is 4.79 Å². The molecule has 0 bridgehead atoms. The molecule has 1 fully saturated rings. The van der Waals surface area contributed by atoms with Crippen LogP contribution in [0.4, 0.5) is 10.9 Å². The minimum atomic E-state index is -0.165. The van der Waals surface area contributed by atoms with Crippen molar-refractivity contribution in [1.82, 2.24) is 20.2 Å². The third-order valence-corrected chi connectivity index (χ3v) is 6.85.